The highest BCUT2D eigenvalue weighted by molar-refractivity contribution is 7.19. The van der Waals surface area contributed by atoms with Gasteiger partial charge >= 0.3 is 5.97 Å². The number of esters is 1. The highest BCUT2D eigenvalue weighted by atomic mass is 35.5. The van der Waals surface area contributed by atoms with Crippen molar-refractivity contribution in [1.29, 1.82) is 0 Å². The van der Waals surface area contributed by atoms with Gasteiger partial charge in [-0.2, -0.15) is 0 Å². The molecule has 3 aromatic heterocycles. The lowest BCUT2D eigenvalue weighted by molar-refractivity contribution is 0.0529. The zero-order chi connectivity index (χ0) is 15.7. The number of pyridine rings is 1. The Bertz CT molecular complexity index is 866. The van der Waals surface area contributed by atoms with E-state index >= 15 is 0 Å². The summed E-state index contributed by atoms with van der Waals surface area (Å²) in [6.45, 7) is 2.02. The van der Waals surface area contributed by atoms with Crippen LogP contribution in [0.2, 0.25) is 4.34 Å². The maximum atomic E-state index is 12.4. The number of carbonyl (C=O) groups is 2. The lowest BCUT2D eigenvalue weighted by Gasteiger charge is -2.03. The Balaban J connectivity index is 2.39. The number of halogens is 1. The van der Waals surface area contributed by atoms with E-state index in [1.807, 2.05) is 6.07 Å². The molecule has 0 aliphatic carbocycles. The minimum Gasteiger partial charge on any atom is -0.462 e. The van der Waals surface area contributed by atoms with Crippen LogP contribution in [-0.2, 0) is 4.74 Å². The molecule has 22 heavy (non-hydrogen) atoms. The number of thiophene rings is 1. The average molecular weight is 334 g/mol. The van der Waals surface area contributed by atoms with E-state index in [1.165, 1.54) is 11.3 Å². The fraction of sp³-hybridized carbons (Fsp3) is 0.125. The van der Waals surface area contributed by atoms with Crippen molar-refractivity contribution in [1.82, 2.24) is 4.40 Å². The molecule has 0 saturated heterocycles. The second kappa shape index (κ2) is 5.94. The van der Waals surface area contributed by atoms with Gasteiger partial charge in [-0.25, -0.2) is 4.79 Å². The number of hydrogen-bond acceptors (Lipinski definition) is 4. The lowest BCUT2D eigenvalue weighted by Crippen LogP contribution is -2.05. The van der Waals surface area contributed by atoms with Crippen LogP contribution in [0, 0.1) is 0 Å². The van der Waals surface area contributed by atoms with E-state index in [9.17, 15) is 9.59 Å². The lowest BCUT2D eigenvalue weighted by atomic mass is 10.1. The van der Waals surface area contributed by atoms with Gasteiger partial charge in [0, 0.05) is 16.6 Å². The molecule has 0 aliphatic rings. The van der Waals surface area contributed by atoms with E-state index in [4.69, 9.17) is 16.3 Å². The van der Waals surface area contributed by atoms with Crippen LogP contribution < -0.4 is 0 Å². The van der Waals surface area contributed by atoms with Crippen molar-refractivity contribution in [3.63, 3.8) is 0 Å². The van der Waals surface area contributed by atoms with Gasteiger partial charge in [0.2, 0.25) is 0 Å². The van der Waals surface area contributed by atoms with Crippen LogP contribution in [0.3, 0.4) is 0 Å². The zero-order valence-electron chi connectivity index (χ0n) is 11.7. The van der Waals surface area contributed by atoms with E-state index in [1.54, 1.807) is 41.8 Å². The molecule has 0 aromatic carbocycles. The Morgan fingerprint density at radius 3 is 2.82 bits per heavy atom. The maximum Gasteiger partial charge on any atom is 0.341 e. The molecule has 112 valence electrons. The zero-order valence-corrected chi connectivity index (χ0v) is 13.3. The molecule has 0 spiro atoms. The summed E-state index contributed by atoms with van der Waals surface area (Å²) in [7, 11) is 0. The van der Waals surface area contributed by atoms with E-state index in [0.717, 1.165) is 11.2 Å². The van der Waals surface area contributed by atoms with Crippen LogP contribution in [-0.4, -0.2) is 23.3 Å². The van der Waals surface area contributed by atoms with Crippen LogP contribution in [0.15, 0.2) is 36.5 Å². The first-order valence-corrected chi connectivity index (χ1v) is 7.87. The predicted octanol–water partition coefficient (Wildman–Crippen LogP) is 4.31. The molecule has 0 N–H and O–H groups in total. The monoisotopic (exact) mass is 333 g/mol. The number of aldehydes is 1. The molecule has 0 atom stereocenters. The summed E-state index contributed by atoms with van der Waals surface area (Å²) in [5.74, 6) is -0.446. The molecule has 0 bridgehead atoms. The van der Waals surface area contributed by atoms with Crippen molar-refractivity contribution in [3.8, 4) is 10.4 Å². The molecule has 0 radical (unpaired) electrons. The number of carbonyl (C=O) groups excluding carboxylic acids is 2. The van der Waals surface area contributed by atoms with Crippen molar-refractivity contribution < 1.29 is 14.3 Å². The molecule has 4 nitrogen and oxygen atoms in total. The molecule has 0 unspecified atom stereocenters. The minimum absolute atomic E-state index is 0.268. The molecule has 3 aromatic rings. The molecular weight excluding hydrogens is 322 g/mol. The van der Waals surface area contributed by atoms with Crippen molar-refractivity contribution in [2.45, 2.75) is 6.92 Å². The van der Waals surface area contributed by atoms with Gasteiger partial charge in [0.25, 0.3) is 0 Å². The highest BCUT2D eigenvalue weighted by Gasteiger charge is 2.25. The number of hydrogen-bond donors (Lipinski definition) is 0. The SMILES string of the molecule is CCOC(=O)c1c(-c2ccc(Cl)s2)c(C=O)n2ccccc12. The molecule has 3 heterocycles. The summed E-state index contributed by atoms with van der Waals surface area (Å²) in [5, 5.41) is 0. The number of nitrogens with zero attached hydrogens (tertiary/aromatic N) is 1. The second-order valence-corrected chi connectivity index (χ2v) is 6.25. The Labute approximate surface area is 135 Å². The van der Waals surface area contributed by atoms with Crippen LogP contribution in [0.5, 0.6) is 0 Å². The third-order valence-electron chi connectivity index (χ3n) is 3.29. The molecule has 0 amide bonds. The van der Waals surface area contributed by atoms with E-state index in [0.29, 0.717) is 26.7 Å². The largest absolute Gasteiger partial charge is 0.462 e. The van der Waals surface area contributed by atoms with Crippen LogP contribution >= 0.6 is 22.9 Å². The summed E-state index contributed by atoms with van der Waals surface area (Å²) in [4.78, 5) is 24.8. The van der Waals surface area contributed by atoms with Crippen molar-refractivity contribution in [2.24, 2.45) is 0 Å². The summed E-state index contributed by atoms with van der Waals surface area (Å²) in [5.41, 5.74) is 2.01. The fourth-order valence-electron chi connectivity index (χ4n) is 2.46. The first-order valence-electron chi connectivity index (χ1n) is 6.68. The summed E-state index contributed by atoms with van der Waals surface area (Å²) >= 11 is 7.33. The third-order valence-corrected chi connectivity index (χ3v) is 4.54. The normalized spacial score (nSPS) is 10.8. The summed E-state index contributed by atoms with van der Waals surface area (Å²) < 4.78 is 7.46. The van der Waals surface area contributed by atoms with Crippen LogP contribution in [0.4, 0.5) is 0 Å². The van der Waals surface area contributed by atoms with E-state index < -0.39 is 5.97 Å². The number of aromatic nitrogens is 1. The Hall–Kier alpha value is -2.11. The van der Waals surface area contributed by atoms with Crippen molar-refractivity contribution in [3.05, 3.63) is 52.1 Å². The van der Waals surface area contributed by atoms with Gasteiger partial charge in [0.05, 0.1) is 27.7 Å². The topological polar surface area (TPSA) is 47.8 Å². The Morgan fingerprint density at radius 2 is 2.18 bits per heavy atom. The van der Waals surface area contributed by atoms with Gasteiger partial charge in [-0.05, 0) is 31.2 Å². The smallest absolute Gasteiger partial charge is 0.341 e. The van der Waals surface area contributed by atoms with Gasteiger partial charge < -0.3 is 9.14 Å². The standard InChI is InChI=1S/C16H12ClNO3S/c1-2-21-16(20)15-10-5-3-4-8-18(10)11(9-19)14(15)12-6-7-13(17)22-12/h3-9H,2H2,1H3. The maximum absolute atomic E-state index is 12.4. The minimum atomic E-state index is -0.446. The van der Waals surface area contributed by atoms with Crippen LogP contribution in [0.25, 0.3) is 16.0 Å². The molecule has 0 fully saturated rings. The summed E-state index contributed by atoms with van der Waals surface area (Å²) in [6.07, 6.45) is 2.50. The van der Waals surface area contributed by atoms with Gasteiger partial charge in [0.15, 0.2) is 6.29 Å². The fourth-order valence-corrected chi connectivity index (χ4v) is 3.56. The number of ether oxygens (including phenoxy) is 1. The molecule has 6 heteroatoms. The van der Waals surface area contributed by atoms with Crippen molar-refractivity contribution >= 4 is 40.7 Å². The van der Waals surface area contributed by atoms with Gasteiger partial charge in [-0.3, -0.25) is 4.79 Å². The first kappa shape index (κ1) is 14.8. The van der Waals surface area contributed by atoms with Gasteiger partial charge in [0.1, 0.15) is 0 Å². The average Bonchev–Trinajstić information content (AvgIpc) is 3.08. The highest BCUT2D eigenvalue weighted by Crippen LogP contribution is 2.38. The Kier molecular flexibility index (Phi) is 4.00. The molecular formula is C16H12ClNO3S. The third kappa shape index (κ3) is 2.32. The second-order valence-electron chi connectivity index (χ2n) is 4.53. The Morgan fingerprint density at radius 1 is 1.36 bits per heavy atom. The van der Waals surface area contributed by atoms with Crippen LogP contribution in [0.1, 0.15) is 27.8 Å². The predicted molar refractivity (Wildman–Crippen MR) is 87.1 cm³/mol. The first-order chi connectivity index (χ1) is 10.7. The molecule has 0 saturated carbocycles. The van der Waals surface area contributed by atoms with E-state index in [2.05, 4.69) is 0 Å². The van der Waals surface area contributed by atoms with Gasteiger partial charge in [-0.1, -0.05) is 17.7 Å². The quantitative estimate of drug-likeness (QED) is 0.528. The molecule has 0 aliphatic heterocycles. The van der Waals surface area contributed by atoms with Crippen molar-refractivity contribution in [2.75, 3.05) is 6.61 Å². The molecule has 3 rings (SSSR count). The van der Waals surface area contributed by atoms with Gasteiger partial charge in [-0.15, -0.1) is 11.3 Å². The number of fused-ring (bicyclic) bond motifs is 1. The summed E-state index contributed by atoms with van der Waals surface area (Å²) in [6, 6.07) is 8.96. The number of rotatable bonds is 4. The van der Waals surface area contributed by atoms with E-state index in [-0.39, 0.29) is 6.61 Å².